The van der Waals surface area contributed by atoms with Gasteiger partial charge in [0.1, 0.15) is 0 Å². The normalized spacial score (nSPS) is 11.4. The largest absolute Gasteiger partial charge is 0.295 e. The number of carbonyl (C=O) groups excluding carboxylic acids is 1. The highest BCUT2D eigenvalue weighted by molar-refractivity contribution is 6.00. The lowest BCUT2D eigenvalue weighted by Gasteiger charge is -2.02. The number of aromatic nitrogens is 2. The topological polar surface area (TPSA) is 79.2 Å². The molecule has 6 heteroatoms. The quantitative estimate of drug-likeness (QED) is 0.549. The number of hydrazone groups is 1. The standard InChI is InChI=1S/C20H20N4O2/c1-14(21-22-18(25)13-16-9-5-3-6-10-16)19-15(2)23-24(20(19)26)17-11-7-4-8-12-17/h3-12,23H,13H2,1-2H3,(H,22,25)/b21-14+. The Bertz CT molecular complexity index is 986. The number of para-hydroxylation sites is 1. The number of amides is 1. The summed E-state index contributed by atoms with van der Waals surface area (Å²) in [5.41, 5.74) is 5.57. The Hall–Kier alpha value is -3.41. The first-order chi connectivity index (χ1) is 12.6. The number of benzene rings is 2. The van der Waals surface area contributed by atoms with E-state index in [2.05, 4.69) is 15.6 Å². The molecular weight excluding hydrogens is 328 g/mol. The third-order valence-corrected chi connectivity index (χ3v) is 4.00. The number of rotatable bonds is 5. The molecule has 26 heavy (non-hydrogen) atoms. The highest BCUT2D eigenvalue weighted by Gasteiger charge is 2.15. The third kappa shape index (κ3) is 3.80. The average molecular weight is 348 g/mol. The van der Waals surface area contributed by atoms with Crippen LogP contribution in [0.15, 0.2) is 70.6 Å². The van der Waals surface area contributed by atoms with Gasteiger partial charge in [0, 0.05) is 5.69 Å². The van der Waals surface area contributed by atoms with Crippen molar-refractivity contribution in [3.8, 4) is 5.69 Å². The monoisotopic (exact) mass is 348 g/mol. The highest BCUT2D eigenvalue weighted by Crippen LogP contribution is 2.07. The fourth-order valence-electron chi connectivity index (χ4n) is 2.75. The molecule has 1 heterocycles. The first-order valence-corrected chi connectivity index (χ1v) is 8.30. The van der Waals surface area contributed by atoms with Crippen LogP contribution in [0.4, 0.5) is 0 Å². The van der Waals surface area contributed by atoms with Crippen LogP contribution in [-0.2, 0) is 11.2 Å². The lowest BCUT2D eigenvalue weighted by Crippen LogP contribution is -2.24. The van der Waals surface area contributed by atoms with E-state index in [4.69, 9.17) is 0 Å². The van der Waals surface area contributed by atoms with Gasteiger partial charge in [0.25, 0.3) is 5.56 Å². The van der Waals surface area contributed by atoms with Gasteiger partial charge in [-0.1, -0.05) is 48.5 Å². The van der Waals surface area contributed by atoms with Crippen molar-refractivity contribution in [2.75, 3.05) is 0 Å². The van der Waals surface area contributed by atoms with Gasteiger partial charge < -0.3 is 0 Å². The smallest absolute Gasteiger partial charge is 0.280 e. The van der Waals surface area contributed by atoms with Crippen LogP contribution in [0, 0.1) is 6.92 Å². The number of hydrogen-bond donors (Lipinski definition) is 2. The Morgan fingerprint density at radius 2 is 1.69 bits per heavy atom. The van der Waals surface area contributed by atoms with E-state index in [1.165, 1.54) is 4.68 Å². The van der Waals surface area contributed by atoms with Gasteiger partial charge >= 0.3 is 0 Å². The van der Waals surface area contributed by atoms with Crippen LogP contribution in [0.1, 0.15) is 23.7 Å². The first kappa shape index (κ1) is 17.4. The molecule has 0 fully saturated rings. The summed E-state index contributed by atoms with van der Waals surface area (Å²) in [6, 6.07) is 18.7. The van der Waals surface area contributed by atoms with Gasteiger partial charge in [-0.25, -0.2) is 10.1 Å². The van der Waals surface area contributed by atoms with Gasteiger partial charge in [-0.2, -0.15) is 5.10 Å². The Labute approximate surface area is 151 Å². The number of carbonyl (C=O) groups is 1. The molecule has 0 atom stereocenters. The molecule has 0 aliphatic carbocycles. The molecule has 2 aromatic carbocycles. The van der Waals surface area contributed by atoms with Gasteiger partial charge in [-0.15, -0.1) is 0 Å². The van der Waals surface area contributed by atoms with E-state index >= 15 is 0 Å². The molecule has 3 rings (SSSR count). The molecule has 2 N–H and O–H groups in total. The first-order valence-electron chi connectivity index (χ1n) is 8.30. The van der Waals surface area contributed by atoms with Gasteiger partial charge in [-0.05, 0) is 31.5 Å². The summed E-state index contributed by atoms with van der Waals surface area (Å²) < 4.78 is 1.47. The number of nitrogens with one attached hydrogen (secondary N) is 2. The molecular formula is C20H20N4O2. The van der Waals surface area contributed by atoms with Crippen LogP contribution in [-0.4, -0.2) is 21.4 Å². The fourth-order valence-corrected chi connectivity index (χ4v) is 2.75. The second-order valence-corrected chi connectivity index (χ2v) is 5.98. The molecule has 1 amide bonds. The van der Waals surface area contributed by atoms with E-state index in [9.17, 15) is 9.59 Å². The molecule has 0 aliphatic rings. The SMILES string of the molecule is C/C(=N\NC(=O)Cc1ccccc1)c1c(C)[nH]n(-c2ccccc2)c1=O. The fraction of sp³-hybridized carbons (Fsp3) is 0.150. The molecule has 0 saturated heterocycles. The van der Waals surface area contributed by atoms with E-state index < -0.39 is 0 Å². The average Bonchev–Trinajstić information content (AvgIpc) is 2.96. The van der Waals surface area contributed by atoms with Crippen LogP contribution in [0.5, 0.6) is 0 Å². The maximum atomic E-state index is 12.7. The van der Waals surface area contributed by atoms with Crippen LogP contribution in [0.3, 0.4) is 0 Å². The lowest BCUT2D eigenvalue weighted by molar-refractivity contribution is -0.120. The summed E-state index contributed by atoms with van der Waals surface area (Å²) in [5.74, 6) is -0.230. The molecule has 132 valence electrons. The van der Waals surface area contributed by atoms with E-state index in [1.54, 1.807) is 13.8 Å². The zero-order valence-corrected chi connectivity index (χ0v) is 14.7. The van der Waals surface area contributed by atoms with Crippen molar-refractivity contribution >= 4 is 11.6 Å². The number of hydrogen-bond acceptors (Lipinski definition) is 3. The Kier molecular flexibility index (Phi) is 5.12. The predicted molar refractivity (Wildman–Crippen MR) is 102 cm³/mol. The van der Waals surface area contributed by atoms with Crippen molar-refractivity contribution in [2.24, 2.45) is 5.10 Å². The number of H-pyrrole nitrogens is 1. The minimum Gasteiger partial charge on any atom is -0.295 e. The second-order valence-electron chi connectivity index (χ2n) is 5.98. The van der Waals surface area contributed by atoms with Gasteiger partial charge in [-0.3, -0.25) is 14.7 Å². The summed E-state index contributed by atoms with van der Waals surface area (Å²) >= 11 is 0. The molecule has 0 spiro atoms. The maximum Gasteiger partial charge on any atom is 0.280 e. The van der Waals surface area contributed by atoms with E-state index in [0.29, 0.717) is 17.0 Å². The molecule has 0 bridgehead atoms. The summed E-state index contributed by atoms with van der Waals surface area (Å²) in [6.45, 7) is 3.51. The predicted octanol–water partition coefficient (Wildman–Crippen LogP) is 2.56. The van der Waals surface area contributed by atoms with Crippen molar-refractivity contribution < 1.29 is 4.79 Å². The number of nitrogens with zero attached hydrogens (tertiary/aromatic N) is 2. The Morgan fingerprint density at radius 1 is 1.08 bits per heavy atom. The summed E-state index contributed by atoms with van der Waals surface area (Å²) in [4.78, 5) is 24.7. The van der Waals surface area contributed by atoms with Crippen LogP contribution in [0.2, 0.25) is 0 Å². The van der Waals surface area contributed by atoms with E-state index in [0.717, 1.165) is 11.3 Å². The van der Waals surface area contributed by atoms with Crippen molar-refractivity contribution in [2.45, 2.75) is 20.3 Å². The number of aryl methyl sites for hydroxylation is 1. The minimum absolute atomic E-state index is 0.202. The molecule has 0 radical (unpaired) electrons. The van der Waals surface area contributed by atoms with E-state index in [1.807, 2.05) is 60.7 Å². The van der Waals surface area contributed by atoms with Crippen molar-refractivity contribution in [1.82, 2.24) is 15.2 Å². The molecule has 6 nitrogen and oxygen atoms in total. The maximum absolute atomic E-state index is 12.7. The minimum atomic E-state index is -0.230. The van der Waals surface area contributed by atoms with Gasteiger partial charge in [0.2, 0.25) is 5.91 Å². The van der Waals surface area contributed by atoms with Crippen molar-refractivity contribution in [1.29, 1.82) is 0 Å². The molecule has 0 unspecified atom stereocenters. The Balaban J connectivity index is 1.78. The zero-order valence-electron chi connectivity index (χ0n) is 14.7. The summed E-state index contributed by atoms with van der Waals surface area (Å²) in [7, 11) is 0. The zero-order chi connectivity index (χ0) is 18.5. The highest BCUT2D eigenvalue weighted by atomic mass is 16.2. The lowest BCUT2D eigenvalue weighted by atomic mass is 10.1. The number of aromatic amines is 1. The second kappa shape index (κ2) is 7.65. The molecule has 3 aromatic rings. The molecule has 0 saturated carbocycles. The van der Waals surface area contributed by atoms with Crippen molar-refractivity contribution in [3.05, 3.63) is 87.8 Å². The molecule has 0 aliphatic heterocycles. The van der Waals surface area contributed by atoms with Gasteiger partial charge in [0.05, 0.1) is 23.4 Å². The Morgan fingerprint density at radius 3 is 2.35 bits per heavy atom. The van der Waals surface area contributed by atoms with E-state index in [-0.39, 0.29) is 17.9 Å². The van der Waals surface area contributed by atoms with Crippen LogP contribution < -0.4 is 11.0 Å². The van der Waals surface area contributed by atoms with Crippen LogP contribution in [0.25, 0.3) is 5.69 Å². The molecule has 1 aromatic heterocycles. The summed E-state index contributed by atoms with van der Waals surface area (Å²) in [5, 5.41) is 7.15. The van der Waals surface area contributed by atoms with Crippen LogP contribution >= 0.6 is 0 Å². The van der Waals surface area contributed by atoms with Gasteiger partial charge in [0.15, 0.2) is 0 Å². The van der Waals surface area contributed by atoms with Crippen molar-refractivity contribution in [3.63, 3.8) is 0 Å². The third-order valence-electron chi connectivity index (χ3n) is 4.00. The summed E-state index contributed by atoms with van der Waals surface area (Å²) in [6.07, 6.45) is 0.234.